The van der Waals surface area contributed by atoms with Crippen LogP contribution in [0.3, 0.4) is 0 Å². The summed E-state index contributed by atoms with van der Waals surface area (Å²) in [6.07, 6.45) is 0. The largest absolute Gasteiger partial charge is 0.208 e. The number of hydrogen-bond acceptors (Lipinski definition) is 3. The van der Waals surface area contributed by atoms with Crippen molar-refractivity contribution >= 4 is 57.6 Å². The zero-order chi connectivity index (χ0) is 60.9. The van der Waals surface area contributed by atoms with E-state index in [2.05, 4.69) is 0 Å². The summed E-state index contributed by atoms with van der Waals surface area (Å²) in [7, 11) is -8.70. The molecule has 0 aliphatic heterocycles. The van der Waals surface area contributed by atoms with Crippen molar-refractivity contribution in [2.24, 2.45) is 0 Å². The van der Waals surface area contributed by atoms with Crippen LogP contribution in [0, 0.1) is 0 Å². The van der Waals surface area contributed by atoms with E-state index in [1.807, 2.05) is 206 Å². The zero-order valence-corrected chi connectivity index (χ0v) is 41.8. The Bertz CT molecular complexity index is 4190. The molecule has 0 unspecified atom stereocenters. The summed E-state index contributed by atoms with van der Waals surface area (Å²) in [6.45, 7) is 0. The Hall–Kier alpha value is -9.14. The van der Waals surface area contributed by atoms with E-state index in [0.717, 1.165) is 0 Å². The average molecular weight is 991 g/mol. The highest BCUT2D eigenvalue weighted by molar-refractivity contribution is 7.22. The smallest absolute Gasteiger partial charge is 0.179 e. The molecule has 0 aliphatic rings. The van der Waals surface area contributed by atoms with Gasteiger partial charge in [-0.2, -0.15) is 0 Å². The van der Waals surface area contributed by atoms with Crippen LogP contribution in [-0.4, -0.2) is 31.1 Å². The molecule has 0 amide bonds. The Kier molecular flexibility index (Phi) is 9.30. The average Bonchev–Trinajstić information content (AvgIpc) is 0.700. The summed E-state index contributed by atoms with van der Waals surface area (Å²) in [5.74, 6) is 0.505. The summed E-state index contributed by atoms with van der Waals surface area (Å²) < 4.78 is 123. The first-order chi connectivity index (χ1) is 42.1. The fourth-order valence-electron chi connectivity index (χ4n) is 10.1. The van der Waals surface area contributed by atoms with Crippen molar-refractivity contribution in [3.63, 3.8) is 0 Å². The fourth-order valence-corrected chi connectivity index (χ4v) is 19.4. The molecule has 3 nitrogen and oxygen atoms in total. The standard InChI is InChI=1S/C69H51N3Si2/c1-9-27-52(28-10-1)56-35-25-45-63(47-56)73(59-37-17-5-18-38-59,60-39-19-6-20-40-60)65-49-58(69-71-67(54-31-13-3-14-32-54)70-68(72-69)55-33-15-4-16-34-55)50-66(51-65)74(61-41-21-7-22-42-61,62-43-23-8-24-44-62)64-46-26-36-57(48-64)53-29-11-2-12-30-53/h1-51H/i1D,2D,9D,10D,11D,12D,27D,28D,29D,30D,49D,50D,51D. The van der Waals surface area contributed by atoms with Gasteiger partial charge in [0.25, 0.3) is 0 Å². The lowest BCUT2D eigenvalue weighted by atomic mass is 10.1. The van der Waals surface area contributed by atoms with E-state index in [4.69, 9.17) is 23.2 Å². The van der Waals surface area contributed by atoms with E-state index in [-0.39, 0.29) is 62.7 Å². The predicted molar refractivity (Wildman–Crippen MR) is 314 cm³/mol. The van der Waals surface area contributed by atoms with Crippen LogP contribution in [0.5, 0.6) is 0 Å². The molecule has 12 aromatic rings. The Morgan fingerprint density at radius 1 is 0.230 bits per heavy atom. The fraction of sp³-hybridized carbons (Fsp3) is 0. The lowest BCUT2D eigenvalue weighted by Gasteiger charge is -2.38. The van der Waals surface area contributed by atoms with Crippen LogP contribution in [0.15, 0.2) is 309 Å². The molecular weight excluding hydrogens is 927 g/mol. The third-order valence-electron chi connectivity index (χ3n) is 13.4. The predicted octanol–water partition coefficient (Wildman–Crippen LogP) is 11.0. The van der Waals surface area contributed by atoms with Gasteiger partial charge < -0.3 is 0 Å². The molecule has 0 aliphatic carbocycles. The van der Waals surface area contributed by atoms with E-state index in [1.165, 1.54) is 0 Å². The molecule has 350 valence electrons. The van der Waals surface area contributed by atoms with Crippen LogP contribution in [0.2, 0.25) is 0 Å². The van der Waals surface area contributed by atoms with Crippen molar-refractivity contribution < 1.29 is 17.8 Å². The first-order valence-corrected chi connectivity index (χ1v) is 28.2. The molecule has 0 radical (unpaired) electrons. The lowest BCUT2D eigenvalue weighted by molar-refractivity contribution is 1.07. The van der Waals surface area contributed by atoms with Gasteiger partial charge in [-0.25, -0.2) is 15.0 Å². The van der Waals surface area contributed by atoms with Gasteiger partial charge in [-0.1, -0.05) is 309 Å². The van der Waals surface area contributed by atoms with Gasteiger partial charge >= 0.3 is 0 Å². The van der Waals surface area contributed by atoms with Gasteiger partial charge in [-0.15, -0.1) is 0 Å². The Labute approximate surface area is 454 Å². The van der Waals surface area contributed by atoms with Gasteiger partial charge in [0, 0.05) is 16.7 Å². The maximum Gasteiger partial charge on any atom is 0.179 e. The molecule has 0 bridgehead atoms. The topological polar surface area (TPSA) is 38.7 Å². The number of aromatic nitrogens is 3. The summed E-state index contributed by atoms with van der Waals surface area (Å²) in [4.78, 5) is 15.5. The Balaban J connectivity index is 1.33. The lowest BCUT2D eigenvalue weighted by Crippen LogP contribution is -2.78. The van der Waals surface area contributed by atoms with E-state index in [0.29, 0.717) is 53.4 Å². The second-order valence-corrected chi connectivity index (χ2v) is 25.1. The summed E-state index contributed by atoms with van der Waals surface area (Å²) in [5, 5.41) is 4.48. The molecule has 0 N–H and O–H groups in total. The van der Waals surface area contributed by atoms with Crippen molar-refractivity contribution in [2.45, 2.75) is 0 Å². The van der Waals surface area contributed by atoms with Crippen LogP contribution in [0.4, 0.5) is 0 Å². The summed E-state index contributed by atoms with van der Waals surface area (Å²) >= 11 is 0. The summed E-state index contributed by atoms with van der Waals surface area (Å²) in [6, 6.07) is 66.3. The van der Waals surface area contributed by atoms with Gasteiger partial charge in [0.15, 0.2) is 33.6 Å². The molecule has 1 heterocycles. The monoisotopic (exact) mass is 990 g/mol. The number of nitrogens with zero attached hydrogens (tertiary/aromatic N) is 3. The third kappa shape index (κ3) is 8.64. The van der Waals surface area contributed by atoms with Crippen LogP contribution in [-0.2, 0) is 0 Å². The van der Waals surface area contributed by atoms with E-state index >= 15 is 0 Å². The molecule has 1 aromatic heterocycles. The second-order valence-electron chi connectivity index (χ2n) is 17.7. The molecule has 0 saturated carbocycles. The van der Waals surface area contributed by atoms with Crippen molar-refractivity contribution in [3.8, 4) is 56.4 Å². The minimum Gasteiger partial charge on any atom is -0.208 e. The van der Waals surface area contributed by atoms with E-state index < -0.39 is 76.6 Å². The number of hydrogen-bond donors (Lipinski definition) is 0. The highest BCUT2D eigenvalue weighted by atomic mass is 28.3. The second kappa shape index (κ2) is 20.5. The third-order valence-corrected chi connectivity index (χ3v) is 22.6. The SMILES string of the molecule is [2H]c1c([2H])c([2H])c(-c2cccc([Si](c3ccccc3)(c3ccccc3)c3c([2H])c(-c4nc(-c5ccccc5)nc(-c5ccccc5)n4)c([2H])c([Si](c4ccccc4)(c4ccccc4)c4cccc(-c5c([2H])c([2H])c([2H])c([2H])c5[2H])c4)c3[2H])c2)c([2H])c1[2H]. The molecule has 0 spiro atoms. The normalized spacial score (nSPS) is 14.0. The van der Waals surface area contributed by atoms with Crippen molar-refractivity contribution in [2.75, 3.05) is 0 Å². The van der Waals surface area contributed by atoms with Crippen LogP contribution < -0.4 is 41.5 Å². The van der Waals surface area contributed by atoms with Gasteiger partial charge in [0.1, 0.15) is 0 Å². The maximum absolute atomic E-state index is 11.6. The van der Waals surface area contributed by atoms with E-state index in [9.17, 15) is 9.60 Å². The molecule has 0 fully saturated rings. The van der Waals surface area contributed by atoms with Crippen molar-refractivity contribution in [1.82, 2.24) is 15.0 Å². The first kappa shape index (κ1) is 33.5. The molecular formula is C69H51N3Si2. The quantitative estimate of drug-likeness (QED) is 0.0853. The zero-order valence-electron chi connectivity index (χ0n) is 52.8. The summed E-state index contributed by atoms with van der Waals surface area (Å²) in [5.41, 5.74) is 1.82. The molecule has 0 saturated heterocycles. The Morgan fingerprint density at radius 3 is 0.851 bits per heavy atom. The van der Waals surface area contributed by atoms with Crippen LogP contribution >= 0.6 is 0 Å². The van der Waals surface area contributed by atoms with Crippen molar-refractivity contribution in [1.29, 1.82) is 0 Å². The highest BCUT2D eigenvalue weighted by Crippen LogP contribution is 2.27. The number of rotatable bonds is 13. The minimum atomic E-state index is -4.35. The minimum absolute atomic E-state index is 0.0104. The van der Waals surface area contributed by atoms with Crippen molar-refractivity contribution in [3.05, 3.63) is 309 Å². The molecule has 0 atom stereocenters. The van der Waals surface area contributed by atoms with Gasteiger partial charge in [0.2, 0.25) is 0 Å². The van der Waals surface area contributed by atoms with Gasteiger partial charge in [0.05, 0.1) is 17.8 Å². The van der Waals surface area contributed by atoms with Crippen LogP contribution in [0.25, 0.3) is 56.4 Å². The highest BCUT2D eigenvalue weighted by Gasteiger charge is 2.46. The molecule has 5 heteroatoms. The first-order valence-electron chi connectivity index (χ1n) is 30.7. The maximum atomic E-state index is 11.6. The molecule has 74 heavy (non-hydrogen) atoms. The van der Waals surface area contributed by atoms with Gasteiger partial charge in [-0.3, -0.25) is 0 Å². The van der Waals surface area contributed by atoms with Gasteiger partial charge in [-0.05, 0) is 63.7 Å². The van der Waals surface area contributed by atoms with E-state index in [1.54, 1.807) is 24.3 Å². The van der Waals surface area contributed by atoms with Crippen LogP contribution in [0.1, 0.15) is 17.8 Å². The number of benzene rings is 11. The Morgan fingerprint density at radius 2 is 0.514 bits per heavy atom. The molecule has 12 rings (SSSR count). The molecule has 11 aromatic carbocycles.